The summed E-state index contributed by atoms with van der Waals surface area (Å²) in [5.74, 6) is -0.0484. The minimum absolute atomic E-state index is 0.0484. The van der Waals surface area contributed by atoms with E-state index in [2.05, 4.69) is 15.0 Å². The summed E-state index contributed by atoms with van der Waals surface area (Å²) in [5, 5.41) is 8.97. The number of fused-ring (bicyclic) bond motifs is 1. The van der Waals surface area contributed by atoms with E-state index in [0.29, 0.717) is 0 Å². The van der Waals surface area contributed by atoms with Crippen molar-refractivity contribution in [1.29, 1.82) is 0 Å². The maximum atomic E-state index is 13.6. The Morgan fingerprint density at radius 2 is 2.47 bits per heavy atom. The molecule has 4 N–H and O–H groups in total. The number of aromatic amines is 1. The van der Waals surface area contributed by atoms with Crippen LogP contribution in [0.2, 0.25) is 0 Å². The third-order valence-corrected chi connectivity index (χ3v) is 3.10. The van der Waals surface area contributed by atoms with Crippen molar-refractivity contribution in [2.45, 2.75) is 24.9 Å². The van der Waals surface area contributed by atoms with Crippen LogP contribution in [-0.2, 0) is 4.74 Å². The number of aliphatic hydroxyl groups excluding tert-OH is 1. The number of anilines is 1. The predicted octanol–water partition coefficient (Wildman–Crippen LogP) is -0.680. The van der Waals surface area contributed by atoms with Gasteiger partial charge in [-0.25, -0.2) is 9.37 Å². The van der Waals surface area contributed by atoms with E-state index in [-0.39, 0.29) is 23.5 Å². The Kier molecular flexibility index (Phi) is 2.72. The first-order valence-electron chi connectivity index (χ1n) is 5.73. The summed E-state index contributed by atoms with van der Waals surface area (Å²) in [7, 11) is 0. The molecule has 102 valence electrons. The van der Waals surface area contributed by atoms with Gasteiger partial charge in [0.2, 0.25) is 5.95 Å². The van der Waals surface area contributed by atoms with Crippen molar-refractivity contribution in [1.82, 2.24) is 19.5 Å². The van der Waals surface area contributed by atoms with E-state index in [1.807, 2.05) is 0 Å². The topological polar surface area (TPSA) is 119 Å². The van der Waals surface area contributed by atoms with Crippen LogP contribution in [0.3, 0.4) is 0 Å². The zero-order chi connectivity index (χ0) is 13.6. The summed E-state index contributed by atoms with van der Waals surface area (Å²) in [6.45, 7) is -0.402. The first kappa shape index (κ1) is 12.1. The number of nitrogens with zero attached hydrogens (tertiary/aromatic N) is 3. The molecular formula is C10H12FN5O3. The highest BCUT2D eigenvalue weighted by atomic mass is 19.1. The van der Waals surface area contributed by atoms with Gasteiger partial charge >= 0.3 is 0 Å². The molecule has 1 aliphatic rings. The highest BCUT2D eigenvalue weighted by molar-refractivity contribution is 5.70. The van der Waals surface area contributed by atoms with Gasteiger partial charge in [-0.2, -0.15) is 4.98 Å². The number of aliphatic hydroxyl groups is 1. The molecule has 2 aromatic rings. The molecule has 1 fully saturated rings. The Morgan fingerprint density at radius 3 is 3.16 bits per heavy atom. The van der Waals surface area contributed by atoms with Crippen molar-refractivity contribution in [2.75, 3.05) is 12.3 Å². The lowest BCUT2D eigenvalue weighted by Crippen LogP contribution is -2.21. The number of H-pyrrole nitrogens is 1. The van der Waals surface area contributed by atoms with E-state index in [1.54, 1.807) is 0 Å². The number of hydrogen-bond acceptors (Lipinski definition) is 6. The van der Waals surface area contributed by atoms with Crippen molar-refractivity contribution >= 4 is 17.1 Å². The molecule has 0 bridgehead atoms. The van der Waals surface area contributed by atoms with Crippen LogP contribution < -0.4 is 11.3 Å². The summed E-state index contributed by atoms with van der Waals surface area (Å²) in [6, 6.07) is 0. The quantitative estimate of drug-likeness (QED) is 0.664. The molecule has 0 aliphatic carbocycles. The predicted molar refractivity (Wildman–Crippen MR) is 63.1 cm³/mol. The lowest BCUT2D eigenvalue weighted by atomic mass is 10.2. The van der Waals surface area contributed by atoms with E-state index in [9.17, 15) is 9.18 Å². The number of halogens is 1. The number of rotatable bonds is 2. The number of hydrogen-bond donors (Lipinski definition) is 3. The second-order valence-electron chi connectivity index (χ2n) is 4.34. The molecule has 0 amide bonds. The molecule has 1 aliphatic heterocycles. The smallest absolute Gasteiger partial charge is 0.280 e. The number of ether oxygens (including phenoxy) is 1. The maximum absolute atomic E-state index is 13.6. The van der Waals surface area contributed by atoms with E-state index < -0.39 is 30.7 Å². The Balaban J connectivity index is 2.05. The number of nitrogens with two attached hydrogens (primary N) is 1. The fourth-order valence-electron chi connectivity index (χ4n) is 2.18. The number of aromatic nitrogens is 4. The van der Waals surface area contributed by atoms with Gasteiger partial charge in [0.05, 0.1) is 12.9 Å². The molecule has 3 heterocycles. The van der Waals surface area contributed by atoms with Crippen molar-refractivity contribution in [2.24, 2.45) is 0 Å². The highest BCUT2D eigenvalue weighted by Gasteiger charge is 2.36. The van der Waals surface area contributed by atoms with Crippen molar-refractivity contribution in [3.05, 3.63) is 16.7 Å². The summed E-state index contributed by atoms with van der Waals surface area (Å²) in [4.78, 5) is 21.8. The molecule has 0 aromatic carbocycles. The standard InChI is InChI=1S/C10H12FN5O3/c11-4-1-6(19-5(4)2-17)16-3-13-7-8(16)14-10(12)15-9(7)18/h3-6,17H,1-2H2,(H3,12,14,15,18)/t4-,5+,6?/m0/s1. The molecule has 3 atom stereocenters. The van der Waals surface area contributed by atoms with Crippen molar-refractivity contribution in [3.63, 3.8) is 0 Å². The van der Waals surface area contributed by atoms with Gasteiger partial charge in [-0.05, 0) is 0 Å². The Morgan fingerprint density at radius 1 is 1.68 bits per heavy atom. The number of nitrogens with one attached hydrogen (secondary N) is 1. The molecule has 9 heteroatoms. The molecule has 0 saturated carbocycles. The van der Waals surface area contributed by atoms with Gasteiger partial charge < -0.3 is 15.6 Å². The molecular weight excluding hydrogens is 257 g/mol. The highest BCUT2D eigenvalue weighted by Crippen LogP contribution is 2.31. The van der Waals surface area contributed by atoms with Crippen LogP contribution in [0.5, 0.6) is 0 Å². The monoisotopic (exact) mass is 269 g/mol. The normalized spacial score (nSPS) is 27.2. The third kappa shape index (κ3) is 1.87. The van der Waals surface area contributed by atoms with Crippen LogP contribution in [0, 0.1) is 0 Å². The Hall–Kier alpha value is -2.00. The van der Waals surface area contributed by atoms with E-state index in [1.165, 1.54) is 10.9 Å². The molecule has 3 rings (SSSR count). The van der Waals surface area contributed by atoms with Gasteiger partial charge in [0.15, 0.2) is 11.2 Å². The first-order valence-corrected chi connectivity index (χ1v) is 5.73. The largest absolute Gasteiger partial charge is 0.394 e. The summed E-state index contributed by atoms with van der Waals surface area (Å²) >= 11 is 0. The van der Waals surface area contributed by atoms with Crippen molar-refractivity contribution in [3.8, 4) is 0 Å². The minimum atomic E-state index is -1.27. The molecule has 1 unspecified atom stereocenters. The van der Waals surface area contributed by atoms with Gasteiger partial charge in [-0.1, -0.05) is 0 Å². The van der Waals surface area contributed by atoms with Crippen LogP contribution in [0.25, 0.3) is 11.2 Å². The van der Waals surface area contributed by atoms with Gasteiger partial charge in [-0.3, -0.25) is 14.3 Å². The molecule has 1 saturated heterocycles. The van der Waals surface area contributed by atoms with Gasteiger partial charge in [0.1, 0.15) is 18.5 Å². The van der Waals surface area contributed by atoms with Crippen LogP contribution in [0.15, 0.2) is 11.1 Å². The van der Waals surface area contributed by atoms with Gasteiger partial charge in [0.25, 0.3) is 5.56 Å². The third-order valence-electron chi connectivity index (χ3n) is 3.10. The lowest BCUT2D eigenvalue weighted by Gasteiger charge is -2.13. The Bertz CT molecular complexity index is 669. The summed E-state index contributed by atoms with van der Waals surface area (Å²) in [6.07, 6.45) is -1.39. The SMILES string of the molecule is Nc1nc2c(ncn2C2C[C@H](F)[C@@H](CO)O2)c(=O)[nH]1. The van der Waals surface area contributed by atoms with Gasteiger partial charge in [0, 0.05) is 6.42 Å². The van der Waals surface area contributed by atoms with Gasteiger partial charge in [-0.15, -0.1) is 0 Å². The first-order chi connectivity index (χ1) is 9.10. The van der Waals surface area contributed by atoms with Crippen LogP contribution in [-0.4, -0.2) is 43.5 Å². The second kappa shape index (κ2) is 4.28. The van der Waals surface area contributed by atoms with E-state index >= 15 is 0 Å². The lowest BCUT2D eigenvalue weighted by molar-refractivity contribution is -0.0323. The average Bonchev–Trinajstić information content (AvgIpc) is 2.92. The van der Waals surface area contributed by atoms with Crippen LogP contribution in [0.4, 0.5) is 10.3 Å². The summed E-state index contributed by atoms with van der Waals surface area (Å²) < 4.78 is 20.4. The number of imidazole rings is 1. The molecule has 0 radical (unpaired) electrons. The zero-order valence-electron chi connectivity index (χ0n) is 9.78. The van der Waals surface area contributed by atoms with Crippen LogP contribution >= 0.6 is 0 Å². The fraction of sp³-hybridized carbons (Fsp3) is 0.500. The zero-order valence-corrected chi connectivity index (χ0v) is 9.78. The number of nitrogen functional groups attached to an aromatic ring is 1. The average molecular weight is 269 g/mol. The molecule has 8 nitrogen and oxygen atoms in total. The van der Waals surface area contributed by atoms with Crippen molar-refractivity contribution < 1.29 is 14.2 Å². The second-order valence-corrected chi connectivity index (χ2v) is 4.34. The summed E-state index contributed by atoms with van der Waals surface area (Å²) in [5.41, 5.74) is 5.35. The maximum Gasteiger partial charge on any atom is 0.280 e. The van der Waals surface area contributed by atoms with E-state index in [0.717, 1.165) is 0 Å². The number of alkyl halides is 1. The fourth-order valence-corrected chi connectivity index (χ4v) is 2.18. The minimum Gasteiger partial charge on any atom is -0.394 e. The molecule has 19 heavy (non-hydrogen) atoms. The Labute approximate surface area is 106 Å². The molecule has 0 spiro atoms. The molecule has 2 aromatic heterocycles. The van der Waals surface area contributed by atoms with Crippen LogP contribution in [0.1, 0.15) is 12.6 Å². The van der Waals surface area contributed by atoms with E-state index in [4.69, 9.17) is 15.6 Å².